The first-order valence-corrected chi connectivity index (χ1v) is 10.3. The van der Waals surface area contributed by atoms with E-state index in [4.69, 9.17) is 28.2 Å². The van der Waals surface area contributed by atoms with Gasteiger partial charge in [-0.2, -0.15) is 8.42 Å². The molecule has 156 valence electrons. The van der Waals surface area contributed by atoms with Gasteiger partial charge in [-0.25, -0.2) is 0 Å². The first-order valence-electron chi connectivity index (χ1n) is 8.84. The van der Waals surface area contributed by atoms with E-state index in [1.54, 1.807) is 19.1 Å². The summed E-state index contributed by atoms with van der Waals surface area (Å²) in [7, 11) is -4.05. The van der Waals surface area contributed by atoms with Gasteiger partial charge in [0.1, 0.15) is 0 Å². The van der Waals surface area contributed by atoms with E-state index >= 15 is 0 Å². The van der Waals surface area contributed by atoms with Gasteiger partial charge in [0.05, 0.1) is 71.0 Å². The lowest BCUT2D eigenvalue weighted by molar-refractivity contribution is 0.00206. The fourth-order valence-electron chi connectivity index (χ4n) is 2.19. The van der Waals surface area contributed by atoms with Crippen molar-refractivity contribution in [2.24, 2.45) is 0 Å². The van der Waals surface area contributed by atoms with Gasteiger partial charge in [-0.05, 0) is 25.5 Å². The molecular weight excluding hydrogens is 376 g/mol. The van der Waals surface area contributed by atoms with Gasteiger partial charge in [-0.1, -0.05) is 17.7 Å². The average molecular weight is 406 g/mol. The molecule has 0 unspecified atom stereocenters. The third-order valence-corrected chi connectivity index (χ3v) is 4.48. The van der Waals surface area contributed by atoms with Crippen LogP contribution in [0.15, 0.2) is 23.1 Å². The van der Waals surface area contributed by atoms with Crippen molar-refractivity contribution in [2.75, 3.05) is 66.1 Å². The van der Waals surface area contributed by atoms with E-state index in [2.05, 4.69) is 0 Å². The van der Waals surface area contributed by atoms with Crippen molar-refractivity contribution in [3.63, 3.8) is 0 Å². The molecule has 0 amide bonds. The van der Waals surface area contributed by atoms with Gasteiger partial charge in [-0.15, -0.1) is 0 Å². The second kappa shape index (κ2) is 14.0. The Morgan fingerprint density at radius 3 is 1.30 bits per heavy atom. The SMILES string of the molecule is C1COCCOCCOCCOCCO1.Cc1ccc(S(=O)(=O)O)c(C)c1. The zero-order chi connectivity index (χ0) is 20.0. The van der Waals surface area contributed by atoms with Crippen LogP contribution in [0.4, 0.5) is 0 Å². The number of hydrogen-bond donors (Lipinski definition) is 1. The summed E-state index contributed by atoms with van der Waals surface area (Å²) in [4.78, 5) is -0.0203. The van der Waals surface area contributed by atoms with Crippen LogP contribution in [0.1, 0.15) is 11.1 Å². The highest BCUT2D eigenvalue weighted by molar-refractivity contribution is 7.85. The summed E-state index contributed by atoms with van der Waals surface area (Å²) in [6.45, 7) is 9.62. The number of benzene rings is 1. The molecule has 0 aliphatic carbocycles. The fourth-order valence-corrected chi connectivity index (χ4v) is 2.89. The van der Waals surface area contributed by atoms with Gasteiger partial charge in [0.2, 0.25) is 0 Å². The highest BCUT2D eigenvalue weighted by Crippen LogP contribution is 2.15. The van der Waals surface area contributed by atoms with E-state index in [0.29, 0.717) is 71.6 Å². The van der Waals surface area contributed by atoms with Gasteiger partial charge in [0.25, 0.3) is 10.1 Å². The van der Waals surface area contributed by atoms with Crippen LogP contribution in [-0.2, 0) is 33.8 Å². The third kappa shape index (κ3) is 12.1. The summed E-state index contributed by atoms with van der Waals surface area (Å²) in [5.74, 6) is 0. The van der Waals surface area contributed by atoms with Crippen LogP contribution in [-0.4, -0.2) is 79.0 Å². The van der Waals surface area contributed by atoms with Gasteiger partial charge in [0.15, 0.2) is 0 Å². The number of hydrogen-bond acceptors (Lipinski definition) is 7. The second-order valence-corrected chi connectivity index (χ2v) is 7.20. The van der Waals surface area contributed by atoms with Crippen molar-refractivity contribution in [1.82, 2.24) is 0 Å². The minimum Gasteiger partial charge on any atom is -0.377 e. The summed E-state index contributed by atoms with van der Waals surface area (Å²) in [6, 6.07) is 4.76. The lowest BCUT2D eigenvalue weighted by Gasteiger charge is -2.05. The van der Waals surface area contributed by atoms with E-state index < -0.39 is 10.1 Å². The molecule has 0 spiro atoms. The molecule has 1 aromatic carbocycles. The van der Waals surface area contributed by atoms with Crippen molar-refractivity contribution in [3.8, 4) is 0 Å². The molecule has 27 heavy (non-hydrogen) atoms. The summed E-state index contributed by atoms with van der Waals surface area (Å²) in [6.07, 6.45) is 0. The van der Waals surface area contributed by atoms with E-state index in [1.165, 1.54) is 6.07 Å². The summed E-state index contributed by atoms with van der Waals surface area (Å²) in [5, 5.41) is 0. The molecule has 0 radical (unpaired) electrons. The lowest BCUT2D eigenvalue weighted by Crippen LogP contribution is -2.12. The molecule has 0 bridgehead atoms. The molecule has 1 N–H and O–H groups in total. The highest BCUT2D eigenvalue weighted by Gasteiger charge is 2.11. The molecule has 1 aliphatic rings. The topological polar surface area (TPSA) is 101 Å². The molecule has 1 saturated heterocycles. The molecule has 1 aliphatic heterocycles. The van der Waals surface area contributed by atoms with Gasteiger partial charge >= 0.3 is 0 Å². The summed E-state index contributed by atoms with van der Waals surface area (Å²) in [5.41, 5.74) is 1.54. The first kappa shape index (κ1) is 24.0. The zero-order valence-corrected chi connectivity index (χ0v) is 16.8. The third-order valence-electron chi connectivity index (χ3n) is 3.47. The Labute approximate surface area is 161 Å². The van der Waals surface area contributed by atoms with Crippen LogP contribution in [0, 0.1) is 13.8 Å². The lowest BCUT2D eigenvalue weighted by atomic mass is 10.2. The molecule has 2 rings (SSSR count). The minimum absolute atomic E-state index is 0.0203. The monoisotopic (exact) mass is 406 g/mol. The quantitative estimate of drug-likeness (QED) is 0.703. The maximum Gasteiger partial charge on any atom is 0.294 e. The zero-order valence-electron chi connectivity index (χ0n) is 16.0. The van der Waals surface area contributed by atoms with Crippen LogP contribution in [0.25, 0.3) is 0 Å². The molecule has 1 aromatic rings. The van der Waals surface area contributed by atoms with E-state index in [1.807, 2.05) is 6.92 Å². The summed E-state index contributed by atoms with van der Waals surface area (Å²) < 4.78 is 56.6. The van der Waals surface area contributed by atoms with Crippen molar-refractivity contribution >= 4 is 10.1 Å². The van der Waals surface area contributed by atoms with Crippen molar-refractivity contribution in [1.29, 1.82) is 0 Å². The van der Waals surface area contributed by atoms with Crippen molar-refractivity contribution < 1.29 is 36.7 Å². The van der Waals surface area contributed by atoms with E-state index in [9.17, 15) is 8.42 Å². The van der Waals surface area contributed by atoms with Crippen LogP contribution >= 0.6 is 0 Å². The molecule has 9 heteroatoms. The Kier molecular flexibility index (Phi) is 12.4. The standard InChI is InChI=1S/C10H20O5.C8H10O3S/c1-2-12-5-6-14-9-10-15-8-7-13-4-3-11-1;1-6-3-4-8(7(2)5-6)12(9,10)11/h1-10H2;3-5H,1-2H3,(H,9,10,11). The predicted molar refractivity (Wildman–Crippen MR) is 99.8 cm³/mol. The van der Waals surface area contributed by atoms with Crippen LogP contribution < -0.4 is 0 Å². The van der Waals surface area contributed by atoms with Crippen LogP contribution in [0.3, 0.4) is 0 Å². The summed E-state index contributed by atoms with van der Waals surface area (Å²) >= 11 is 0. The maximum atomic E-state index is 10.7. The molecule has 8 nitrogen and oxygen atoms in total. The predicted octanol–water partition coefficient (Wildman–Crippen LogP) is 1.63. The fraction of sp³-hybridized carbons (Fsp3) is 0.667. The average Bonchev–Trinajstić information content (AvgIpc) is 2.60. The van der Waals surface area contributed by atoms with Crippen molar-refractivity contribution in [2.45, 2.75) is 18.7 Å². The molecular formula is C18H30O8S. The Morgan fingerprint density at radius 2 is 1.04 bits per heavy atom. The van der Waals surface area contributed by atoms with E-state index in [0.717, 1.165) is 5.56 Å². The van der Waals surface area contributed by atoms with E-state index in [-0.39, 0.29) is 4.90 Å². The van der Waals surface area contributed by atoms with Gasteiger partial charge < -0.3 is 23.7 Å². The molecule has 1 heterocycles. The van der Waals surface area contributed by atoms with Gasteiger partial charge in [-0.3, -0.25) is 4.55 Å². The maximum absolute atomic E-state index is 10.7. The Morgan fingerprint density at radius 1 is 0.704 bits per heavy atom. The first-order chi connectivity index (χ1) is 12.9. The molecule has 0 aromatic heterocycles. The van der Waals surface area contributed by atoms with Gasteiger partial charge in [0, 0.05) is 0 Å². The Hall–Kier alpha value is -1.07. The number of rotatable bonds is 1. The second-order valence-electron chi connectivity index (χ2n) is 5.81. The largest absolute Gasteiger partial charge is 0.377 e. The smallest absolute Gasteiger partial charge is 0.294 e. The van der Waals surface area contributed by atoms with Crippen LogP contribution in [0.2, 0.25) is 0 Å². The number of ether oxygens (including phenoxy) is 5. The minimum atomic E-state index is -4.05. The van der Waals surface area contributed by atoms with Crippen LogP contribution in [0.5, 0.6) is 0 Å². The number of aryl methyl sites for hydroxylation is 2. The Bertz CT molecular complexity index is 559. The molecule has 0 atom stereocenters. The highest BCUT2D eigenvalue weighted by atomic mass is 32.2. The van der Waals surface area contributed by atoms with Crippen molar-refractivity contribution in [3.05, 3.63) is 29.3 Å². The molecule has 1 fully saturated rings. The Balaban J connectivity index is 0.000000277. The molecule has 0 saturated carbocycles. The normalized spacial score (nSPS) is 18.5.